The fourth-order valence-electron chi connectivity index (χ4n) is 4.56. The number of amides is 2. The van der Waals surface area contributed by atoms with Gasteiger partial charge < -0.3 is 19.7 Å². The summed E-state index contributed by atoms with van der Waals surface area (Å²) >= 11 is 0. The number of methoxy groups -OCH3 is 1. The Morgan fingerprint density at radius 1 is 0.826 bits per heavy atom. The molecule has 9 nitrogen and oxygen atoms in total. The maximum absolute atomic E-state index is 13.7. The molecule has 0 bridgehead atoms. The minimum Gasteiger partial charge on any atom is -0.484 e. The summed E-state index contributed by atoms with van der Waals surface area (Å²) in [6.07, 6.45) is 0.804. The number of halogens is 2. The number of benzene rings is 4. The number of carbonyl (C=O) groups is 2. The number of sulfonamides is 1. The van der Waals surface area contributed by atoms with Crippen LogP contribution in [-0.4, -0.2) is 58.0 Å². The number of nitrogens with zero attached hydrogens (tertiary/aromatic N) is 1. The van der Waals surface area contributed by atoms with E-state index in [1.807, 2.05) is 30.3 Å². The summed E-state index contributed by atoms with van der Waals surface area (Å²) in [4.78, 5) is 28.6. The molecular weight excluding hydrogens is 616 g/mol. The van der Waals surface area contributed by atoms with Gasteiger partial charge in [-0.25, -0.2) is 17.2 Å². The third-order valence-corrected chi connectivity index (χ3v) is 8.35. The number of anilines is 1. The summed E-state index contributed by atoms with van der Waals surface area (Å²) in [6, 6.07) is 24.3. The van der Waals surface area contributed by atoms with Gasteiger partial charge in [-0.05, 0) is 78.2 Å². The molecule has 0 spiro atoms. The zero-order valence-electron chi connectivity index (χ0n) is 25.2. The average Bonchev–Trinajstić information content (AvgIpc) is 3.06. The van der Waals surface area contributed by atoms with Gasteiger partial charge in [-0.2, -0.15) is 0 Å². The summed E-state index contributed by atoms with van der Waals surface area (Å²) in [7, 11) is -2.40. The van der Waals surface area contributed by atoms with Crippen molar-refractivity contribution < 1.29 is 36.3 Å². The van der Waals surface area contributed by atoms with E-state index in [2.05, 4.69) is 10.0 Å². The molecule has 1 atom stereocenters. The Bertz CT molecular complexity index is 1670. The second-order valence-corrected chi connectivity index (χ2v) is 12.0. The number of hydrogen-bond donors (Lipinski definition) is 2. The van der Waals surface area contributed by atoms with Gasteiger partial charge >= 0.3 is 0 Å². The van der Waals surface area contributed by atoms with E-state index in [1.165, 1.54) is 53.4 Å². The van der Waals surface area contributed by atoms with Crippen molar-refractivity contribution in [2.75, 3.05) is 31.6 Å². The molecule has 4 rings (SSSR count). The highest BCUT2D eigenvalue weighted by Crippen LogP contribution is 2.21. The minimum atomic E-state index is -3.97. The number of nitrogens with one attached hydrogen (secondary N) is 2. The van der Waals surface area contributed by atoms with E-state index in [0.29, 0.717) is 25.1 Å². The molecule has 0 saturated heterocycles. The first-order valence-corrected chi connectivity index (χ1v) is 16.0. The zero-order valence-corrected chi connectivity index (χ0v) is 26.0. The third-order valence-electron chi connectivity index (χ3n) is 6.95. The predicted molar refractivity (Wildman–Crippen MR) is 170 cm³/mol. The molecule has 0 aliphatic rings. The van der Waals surface area contributed by atoms with Crippen molar-refractivity contribution in [3.63, 3.8) is 0 Å². The first kappa shape index (κ1) is 34.1. The van der Waals surface area contributed by atoms with Crippen molar-refractivity contribution in [3.05, 3.63) is 126 Å². The molecule has 0 aliphatic carbocycles. The quantitative estimate of drug-likeness (QED) is 0.166. The maximum Gasteiger partial charge on any atom is 0.261 e. The van der Waals surface area contributed by atoms with Crippen molar-refractivity contribution >= 4 is 27.5 Å². The van der Waals surface area contributed by atoms with Gasteiger partial charge in [0.15, 0.2) is 6.61 Å². The molecule has 0 heterocycles. The topological polar surface area (TPSA) is 114 Å². The molecule has 242 valence electrons. The van der Waals surface area contributed by atoms with E-state index < -0.39 is 40.2 Å². The first-order chi connectivity index (χ1) is 22.1. The Balaban J connectivity index is 1.52. The molecule has 4 aromatic rings. The molecule has 12 heteroatoms. The van der Waals surface area contributed by atoms with E-state index in [4.69, 9.17) is 9.47 Å². The Labute approximate surface area is 267 Å². The van der Waals surface area contributed by atoms with Crippen LogP contribution in [0.2, 0.25) is 0 Å². The van der Waals surface area contributed by atoms with Crippen LogP contribution in [0.15, 0.2) is 108 Å². The van der Waals surface area contributed by atoms with Gasteiger partial charge in [-0.1, -0.05) is 42.5 Å². The van der Waals surface area contributed by atoms with Crippen LogP contribution in [0.4, 0.5) is 14.5 Å². The molecule has 2 amide bonds. The minimum absolute atomic E-state index is 0.0116. The van der Waals surface area contributed by atoms with Crippen LogP contribution in [0.25, 0.3) is 0 Å². The van der Waals surface area contributed by atoms with Gasteiger partial charge in [-0.3, -0.25) is 14.3 Å². The number of rotatable bonds is 16. The summed E-state index contributed by atoms with van der Waals surface area (Å²) in [5.41, 5.74) is 1.65. The van der Waals surface area contributed by atoms with Crippen molar-refractivity contribution in [2.24, 2.45) is 0 Å². The molecule has 1 unspecified atom stereocenters. The lowest BCUT2D eigenvalue weighted by Gasteiger charge is -2.31. The second-order valence-electron chi connectivity index (χ2n) is 10.4. The number of hydrogen-bond acceptors (Lipinski definition) is 6. The summed E-state index contributed by atoms with van der Waals surface area (Å²) in [5.74, 6) is -1.57. The third kappa shape index (κ3) is 10.1. The van der Waals surface area contributed by atoms with Crippen molar-refractivity contribution in [2.45, 2.75) is 30.3 Å². The molecule has 0 saturated carbocycles. The molecule has 2 N–H and O–H groups in total. The molecule has 0 radical (unpaired) electrons. The van der Waals surface area contributed by atoms with Gasteiger partial charge in [0.25, 0.3) is 15.9 Å². The maximum atomic E-state index is 13.7. The molecule has 0 aliphatic heterocycles. The van der Waals surface area contributed by atoms with Gasteiger partial charge in [0, 0.05) is 38.9 Å². The summed E-state index contributed by atoms with van der Waals surface area (Å²) in [6.45, 7) is 0.359. The van der Waals surface area contributed by atoms with E-state index >= 15 is 0 Å². The van der Waals surface area contributed by atoms with Crippen molar-refractivity contribution in [3.8, 4) is 5.75 Å². The summed E-state index contributed by atoms with van der Waals surface area (Å²) < 4.78 is 65.6. The van der Waals surface area contributed by atoms with Crippen molar-refractivity contribution in [1.29, 1.82) is 0 Å². The predicted octanol–water partition coefficient (Wildman–Crippen LogP) is 4.94. The number of carbonyl (C=O) groups excluding carboxylic acids is 2. The van der Waals surface area contributed by atoms with Crippen LogP contribution in [-0.2, 0) is 37.3 Å². The smallest absolute Gasteiger partial charge is 0.261 e. The van der Waals surface area contributed by atoms with E-state index in [1.54, 1.807) is 19.2 Å². The SMILES string of the molecule is COCCCNC(=O)C(Cc1ccccc1)N(Cc1ccc(F)cc1)C(=O)COc1ccc(S(=O)(=O)Nc2ccc(F)cc2)cc1. The molecule has 0 fully saturated rings. The van der Waals surface area contributed by atoms with Crippen LogP contribution in [0.5, 0.6) is 5.75 Å². The van der Waals surface area contributed by atoms with Gasteiger partial charge in [0.2, 0.25) is 5.91 Å². The van der Waals surface area contributed by atoms with Crippen LogP contribution < -0.4 is 14.8 Å². The standard InChI is InChI=1S/C34H35F2N3O6S/c1-44-21-5-20-37-34(41)32(22-25-6-3-2-4-7-25)39(23-26-8-10-27(35)11-9-26)33(40)24-45-30-16-18-31(19-17-30)46(42,43)38-29-14-12-28(36)13-15-29/h2-4,6-19,32,38H,5,20-24H2,1H3,(H,37,41). The van der Waals surface area contributed by atoms with Crippen molar-refractivity contribution in [1.82, 2.24) is 10.2 Å². The highest BCUT2D eigenvalue weighted by atomic mass is 32.2. The zero-order chi connectivity index (χ0) is 32.9. The van der Waals surface area contributed by atoms with E-state index in [0.717, 1.165) is 17.7 Å². The normalized spacial score (nSPS) is 11.8. The Morgan fingerprint density at radius 2 is 1.46 bits per heavy atom. The lowest BCUT2D eigenvalue weighted by Crippen LogP contribution is -2.51. The lowest BCUT2D eigenvalue weighted by atomic mass is 10.0. The van der Waals surface area contributed by atoms with Gasteiger partial charge in [0.05, 0.1) is 4.90 Å². The molecule has 4 aromatic carbocycles. The highest BCUT2D eigenvalue weighted by molar-refractivity contribution is 7.92. The molecule has 0 aromatic heterocycles. The Hall–Kier alpha value is -4.81. The largest absolute Gasteiger partial charge is 0.484 e. The highest BCUT2D eigenvalue weighted by Gasteiger charge is 2.30. The van der Waals surface area contributed by atoms with Crippen LogP contribution in [0, 0.1) is 11.6 Å². The molecular formula is C34H35F2N3O6S. The Morgan fingerprint density at radius 3 is 2.09 bits per heavy atom. The molecule has 46 heavy (non-hydrogen) atoms. The number of ether oxygens (including phenoxy) is 2. The van der Waals surface area contributed by atoms with Gasteiger partial charge in [0.1, 0.15) is 23.4 Å². The van der Waals surface area contributed by atoms with E-state index in [-0.39, 0.29) is 35.2 Å². The van der Waals surface area contributed by atoms with Crippen LogP contribution in [0.1, 0.15) is 17.5 Å². The lowest BCUT2D eigenvalue weighted by molar-refractivity contribution is -0.142. The van der Waals surface area contributed by atoms with E-state index in [9.17, 15) is 26.8 Å². The Kier molecular flexibility index (Phi) is 12.2. The fourth-order valence-corrected chi connectivity index (χ4v) is 5.62. The van der Waals surface area contributed by atoms with Gasteiger partial charge in [-0.15, -0.1) is 0 Å². The van der Waals surface area contributed by atoms with Crippen LogP contribution >= 0.6 is 0 Å². The first-order valence-electron chi connectivity index (χ1n) is 14.5. The average molecular weight is 652 g/mol. The monoisotopic (exact) mass is 651 g/mol. The van der Waals surface area contributed by atoms with Crippen LogP contribution in [0.3, 0.4) is 0 Å². The fraction of sp³-hybridized carbons (Fsp3) is 0.235. The second kappa shape index (κ2) is 16.5. The summed E-state index contributed by atoms with van der Waals surface area (Å²) in [5, 5.41) is 2.89.